The topological polar surface area (TPSA) is 44.5 Å². The Morgan fingerprint density at radius 2 is 1.40 bits per heavy atom. The van der Waals surface area contributed by atoms with Gasteiger partial charge in [0.15, 0.2) is 0 Å². The molecule has 0 heterocycles. The molecule has 0 atom stereocenters. The highest BCUT2D eigenvalue weighted by Crippen LogP contribution is 2.26. The Morgan fingerprint density at radius 3 is 2.00 bits per heavy atom. The summed E-state index contributed by atoms with van der Waals surface area (Å²) in [4.78, 5) is 0. The molecular weight excluding hydrogens is 297 g/mol. The first kappa shape index (κ1) is 15.0. The monoisotopic (exact) mass is 311 g/mol. The van der Waals surface area contributed by atoms with Crippen LogP contribution in [0.25, 0.3) is 0 Å². The lowest BCUT2D eigenvalue weighted by Gasteiger charge is -2.09. The minimum Gasteiger partial charge on any atom is -0.490 e. The first-order valence-electron chi connectivity index (χ1n) is 6.18. The minimum absolute atomic E-state index is 0.427. The van der Waals surface area contributed by atoms with Gasteiger partial charge in [-0.1, -0.05) is 35.3 Å². The Kier molecular flexibility index (Phi) is 5.53. The molecule has 0 aliphatic carbocycles. The summed E-state index contributed by atoms with van der Waals surface area (Å²) in [5.74, 6) is 1.46. The molecule has 0 fully saturated rings. The molecule has 2 N–H and O–H groups in total. The molecule has 0 radical (unpaired) electrons. The van der Waals surface area contributed by atoms with Gasteiger partial charge in [-0.05, 0) is 29.8 Å². The molecule has 0 unspecified atom stereocenters. The van der Waals surface area contributed by atoms with E-state index < -0.39 is 0 Å². The second kappa shape index (κ2) is 7.39. The molecule has 0 bridgehead atoms. The van der Waals surface area contributed by atoms with Gasteiger partial charge in [-0.2, -0.15) is 0 Å². The van der Waals surface area contributed by atoms with Gasteiger partial charge in [-0.25, -0.2) is 0 Å². The van der Waals surface area contributed by atoms with Gasteiger partial charge in [0.25, 0.3) is 0 Å². The molecular formula is C15H15Cl2NO2. The molecule has 5 heteroatoms. The summed E-state index contributed by atoms with van der Waals surface area (Å²) in [5, 5.41) is 0.984. The maximum atomic E-state index is 5.90. The molecule has 2 aromatic carbocycles. The summed E-state index contributed by atoms with van der Waals surface area (Å²) in [7, 11) is 0. The molecule has 0 amide bonds. The van der Waals surface area contributed by atoms with Crippen LogP contribution in [0.4, 0.5) is 0 Å². The lowest BCUT2D eigenvalue weighted by molar-refractivity contribution is 0.217. The lowest BCUT2D eigenvalue weighted by atomic mass is 10.2. The van der Waals surface area contributed by atoms with Crippen molar-refractivity contribution in [3.8, 4) is 11.5 Å². The van der Waals surface area contributed by atoms with Crippen LogP contribution in [0.15, 0.2) is 42.5 Å². The zero-order chi connectivity index (χ0) is 14.4. The normalized spacial score (nSPS) is 10.3. The van der Waals surface area contributed by atoms with Gasteiger partial charge >= 0.3 is 0 Å². The first-order chi connectivity index (χ1) is 9.69. The Morgan fingerprint density at radius 1 is 0.800 bits per heavy atom. The van der Waals surface area contributed by atoms with Crippen LogP contribution in [0.5, 0.6) is 11.5 Å². The van der Waals surface area contributed by atoms with Crippen molar-refractivity contribution >= 4 is 23.2 Å². The molecule has 106 valence electrons. The van der Waals surface area contributed by atoms with Crippen LogP contribution < -0.4 is 15.2 Å². The van der Waals surface area contributed by atoms with Crippen LogP contribution >= 0.6 is 23.2 Å². The number of nitrogens with two attached hydrogens (primary N) is 1. The smallest absolute Gasteiger partial charge is 0.122 e. The van der Waals surface area contributed by atoms with Crippen molar-refractivity contribution in [3.63, 3.8) is 0 Å². The highest BCUT2D eigenvalue weighted by atomic mass is 35.5. The van der Waals surface area contributed by atoms with Crippen LogP contribution in [0.3, 0.4) is 0 Å². The third-order valence-electron chi connectivity index (χ3n) is 2.67. The van der Waals surface area contributed by atoms with E-state index in [1.54, 1.807) is 18.2 Å². The molecule has 0 spiro atoms. The van der Waals surface area contributed by atoms with Crippen LogP contribution in [0.1, 0.15) is 5.56 Å². The number of rotatable bonds is 6. The molecule has 0 saturated carbocycles. The molecule has 0 aliphatic rings. The van der Waals surface area contributed by atoms with Gasteiger partial charge in [-0.15, -0.1) is 0 Å². The van der Waals surface area contributed by atoms with Crippen molar-refractivity contribution in [2.45, 2.75) is 6.54 Å². The van der Waals surface area contributed by atoms with Crippen LogP contribution in [-0.2, 0) is 6.54 Å². The third kappa shape index (κ3) is 4.30. The maximum absolute atomic E-state index is 5.90. The second-order valence-corrected chi connectivity index (χ2v) is 4.94. The average Bonchev–Trinajstić information content (AvgIpc) is 2.48. The largest absolute Gasteiger partial charge is 0.490 e. The number of hydrogen-bond acceptors (Lipinski definition) is 3. The van der Waals surface area contributed by atoms with Crippen molar-refractivity contribution < 1.29 is 9.47 Å². The van der Waals surface area contributed by atoms with Crippen molar-refractivity contribution in [3.05, 3.63) is 58.1 Å². The summed E-state index contributed by atoms with van der Waals surface area (Å²) in [5.41, 5.74) is 6.60. The minimum atomic E-state index is 0.427. The van der Waals surface area contributed by atoms with E-state index in [9.17, 15) is 0 Å². The van der Waals surface area contributed by atoms with Gasteiger partial charge in [0, 0.05) is 12.6 Å². The van der Waals surface area contributed by atoms with Crippen LogP contribution in [-0.4, -0.2) is 13.2 Å². The Hall–Kier alpha value is -1.42. The van der Waals surface area contributed by atoms with Crippen LogP contribution in [0.2, 0.25) is 10.0 Å². The predicted molar refractivity (Wildman–Crippen MR) is 81.8 cm³/mol. The third-order valence-corrected chi connectivity index (χ3v) is 3.41. The summed E-state index contributed by atoms with van der Waals surface area (Å²) < 4.78 is 11.1. The number of hydrogen-bond donors (Lipinski definition) is 1. The van der Waals surface area contributed by atoms with E-state index in [0.717, 1.165) is 11.3 Å². The summed E-state index contributed by atoms with van der Waals surface area (Å²) >= 11 is 11.7. The maximum Gasteiger partial charge on any atom is 0.122 e. The number of ether oxygens (including phenoxy) is 2. The summed E-state index contributed by atoms with van der Waals surface area (Å²) in [6, 6.07) is 12.8. The Balaban J connectivity index is 1.76. The standard InChI is InChI=1S/C15H15Cl2NO2/c16-14-6-5-13(9-15(14)17)20-8-7-19-12-3-1-11(10-18)2-4-12/h1-6,9H,7-8,10,18H2. The summed E-state index contributed by atoms with van der Waals surface area (Å²) in [6.45, 7) is 1.40. The van der Waals surface area contributed by atoms with E-state index in [4.69, 9.17) is 38.4 Å². The van der Waals surface area contributed by atoms with Gasteiger partial charge < -0.3 is 15.2 Å². The van der Waals surface area contributed by atoms with Crippen molar-refractivity contribution in [2.24, 2.45) is 5.73 Å². The zero-order valence-electron chi connectivity index (χ0n) is 10.8. The molecule has 2 rings (SSSR count). The van der Waals surface area contributed by atoms with Crippen molar-refractivity contribution in [1.82, 2.24) is 0 Å². The SMILES string of the molecule is NCc1ccc(OCCOc2ccc(Cl)c(Cl)c2)cc1. The van der Waals surface area contributed by atoms with Gasteiger partial charge in [0.05, 0.1) is 10.0 Å². The highest BCUT2D eigenvalue weighted by molar-refractivity contribution is 6.42. The second-order valence-electron chi connectivity index (χ2n) is 4.12. The van der Waals surface area contributed by atoms with Gasteiger partial charge in [0.2, 0.25) is 0 Å². The van der Waals surface area contributed by atoms with E-state index >= 15 is 0 Å². The first-order valence-corrected chi connectivity index (χ1v) is 6.94. The van der Waals surface area contributed by atoms with E-state index in [-0.39, 0.29) is 0 Å². The fourth-order valence-electron chi connectivity index (χ4n) is 1.61. The lowest BCUT2D eigenvalue weighted by Crippen LogP contribution is -2.09. The molecule has 0 saturated heterocycles. The molecule has 0 aromatic heterocycles. The fourth-order valence-corrected chi connectivity index (χ4v) is 1.90. The Labute approximate surface area is 128 Å². The molecule has 3 nitrogen and oxygen atoms in total. The van der Waals surface area contributed by atoms with E-state index in [1.165, 1.54) is 0 Å². The average molecular weight is 312 g/mol. The quantitative estimate of drug-likeness (QED) is 0.823. The van der Waals surface area contributed by atoms with Crippen molar-refractivity contribution in [2.75, 3.05) is 13.2 Å². The zero-order valence-corrected chi connectivity index (χ0v) is 12.3. The van der Waals surface area contributed by atoms with Crippen molar-refractivity contribution in [1.29, 1.82) is 0 Å². The van der Waals surface area contributed by atoms with E-state index in [0.29, 0.717) is 35.6 Å². The fraction of sp³-hybridized carbons (Fsp3) is 0.200. The number of benzene rings is 2. The predicted octanol–water partition coefficient (Wildman–Crippen LogP) is 3.91. The number of halogens is 2. The highest BCUT2D eigenvalue weighted by Gasteiger charge is 2.00. The van der Waals surface area contributed by atoms with E-state index in [1.807, 2.05) is 24.3 Å². The van der Waals surface area contributed by atoms with Gasteiger partial charge in [-0.3, -0.25) is 0 Å². The Bertz CT molecular complexity index is 558. The molecule has 20 heavy (non-hydrogen) atoms. The van der Waals surface area contributed by atoms with Gasteiger partial charge in [0.1, 0.15) is 24.7 Å². The van der Waals surface area contributed by atoms with Crippen LogP contribution in [0, 0.1) is 0 Å². The van der Waals surface area contributed by atoms with E-state index in [2.05, 4.69) is 0 Å². The molecule has 0 aliphatic heterocycles. The molecule has 2 aromatic rings. The summed E-state index contributed by atoms with van der Waals surface area (Å²) in [6.07, 6.45) is 0.